The van der Waals surface area contributed by atoms with Crippen molar-refractivity contribution in [1.29, 1.82) is 0 Å². The second-order valence-electron chi connectivity index (χ2n) is 3.84. The number of nitrogens with two attached hydrogens (primary N) is 2. The van der Waals surface area contributed by atoms with Gasteiger partial charge in [0.2, 0.25) is 0 Å². The zero-order valence-corrected chi connectivity index (χ0v) is 9.93. The lowest BCUT2D eigenvalue weighted by molar-refractivity contribution is -0.139. The molecule has 1 rings (SSSR count). The number of hydrogen-bond donors (Lipinski definition) is 4. The molecule has 0 spiro atoms. The van der Waals surface area contributed by atoms with Crippen LogP contribution in [0.3, 0.4) is 0 Å². The summed E-state index contributed by atoms with van der Waals surface area (Å²) in [4.78, 5) is 22.7. The quantitative estimate of drug-likeness (QED) is 0.552. The number of hydrogen-bond acceptors (Lipinski definition) is 4. The van der Waals surface area contributed by atoms with Crippen molar-refractivity contribution >= 4 is 11.9 Å². The minimum atomic E-state index is -1.09. The fourth-order valence-electron chi connectivity index (χ4n) is 1.46. The summed E-state index contributed by atoms with van der Waals surface area (Å²) in [6.45, 7) is 0.593. The van der Waals surface area contributed by atoms with Crippen molar-refractivity contribution in [2.45, 2.75) is 19.0 Å². The van der Waals surface area contributed by atoms with Crippen molar-refractivity contribution in [1.82, 2.24) is 5.32 Å². The Kier molecular flexibility index (Phi) is 5.29. The summed E-state index contributed by atoms with van der Waals surface area (Å²) in [5, 5.41) is 11.3. The van der Waals surface area contributed by atoms with E-state index in [2.05, 4.69) is 5.32 Å². The molecule has 0 bridgehead atoms. The molecule has 18 heavy (non-hydrogen) atoms. The van der Waals surface area contributed by atoms with E-state index >= 15 is 0 Å². The van der Waals surface area contributed by atoms with Crippen LogP contribution >= 0.6 is 0 Å². The number of aliphatic carboxylic acids is 1. The summed E-state index contributed by atoms with van der Waals surface area (Å²) in [6.07, 6.45) is 0.196. The predicted molar refractivity (Wildman–Crippen MR) is 66.9 cm³/mol. The topological polar surface area (TPSA) is 118 Å². The predicted octanol–water partition coefficient (Wildman–Crippen LogP) is -0.323. The molecule has 0 radical (unpaired) electrons. The molecule has 6 nitrogen and oxygen atoms in total. The SMILES string of the molecule is NCC[C@H](NC(=O)c1ccc(CN)cc1)C(=O)O. The molecule has 98 valence electrons. The molecule has 0 aromatic heterocycles. The van der Waals surface area contributed by atoms with E-state index < -0.39 is 17.9 Å². The first kappa shape index (κ1) is 14.1. The number of rotatable bonds is 6. The van der Waals surface area contributed by atoms with Gasteiger partial charge in [-0.3, -0.25) is 4.79 Å². The molecule has 0 saturated heterocycles. The van der Waals surface area contributed by atoms with Gasteiger partial charge in [-0.25, -0.2) is 4.79 Å². The second kappa shape index (κ2) is 6.73. The number of amides is 1. The third kappa shape index (κ3) is 3.83. The van der Waals surface area contributed by atoms with Crippen LogP contribution in [0.25, 0.3) is 0 Å². The van der Waals surface area contributed by atoms with E-state index in [9.17, 15) is 9.59 Å². The molecule has 0 aliphatic heterocycles. The van der Waals surface area contributed by atoms with E-state index in [1.54, 1.807) is 24.3 Å². The van der Waals surface area contributed by atoms with Crippen molar-refractivity contribution < 1.29 is 14.7 Å². The highest BCUT2D eigenvalue weighted by Crippen LogP contribution is 2.04. The maximum atomic E-state index is 11.8. The molecule has 0 heterocycles. The van der Waals surface area contributed by atoms with E-state index in [-0.39, 0.29) is 13.0 Å². The summed E-state index contributed by atoms with van der Waals surface area (Å²) in [6, 6.07) is 5.72. The lowest BCUT2D eigenvalue weighted by Crippen LogP contribution is -2.42. The number of carbonyl (C=O) groups is 2. The molecular formula is C12H17N3O3. The van der Waals surface area contributed by atoms with Gasteiger partial charge in [0.05, 0.1) is 0 Å². The lowest BCUT2D eigenvalue weighted by Gasteiger charge is -2.13. The molecule has 0 aliphatic rings. The number of carboxylic acid groups (broad SMARTS) is 1. The van der Waals surface area contributed by atoms with Crippen molar-refractivity contribution in [3.8, 4) is 0 Å². The fraction of sp³-hybridized carbons (Fsp3) is 0.333. The van der Waals surface area contributed by atoms with Gasteiger partial charge in [0, 0.05) is 12.1 Å². The zero-order chi connectivity index (χ0) is 13.5. The van der Waals surface area contributed by atoms with Gasteiger partial charge in [0.25, 0.3) is 5.91 Å². The smallest absolute Gasteiger partial charge is 0.326 e. The maximum absolute atomic E-state index is 11.8. The van der Waals surface area contributed by atoms with Crippen LogP contribution in [0.5, 0.6) is 0 Å². The molecule has 1 amide bonds. The van der Waals surface area contributed by atoms with Gasteiger partial charge in [0.1, 0.15) is 6.04 Å². The first-order valence-electron chi connectivity index (χ1n) is 5.61. The van der Waals surface area contributed by atoms with Gasteiger partial charge in [-0.1, -0.05) is 12.1 Å². The third-order valence-corrected chi connectivity index (χ3v) is 2.51. The molecule has 0 unspecified atom stereocenters. The summed E-state index contributed by atoms with van der Waals surface area (Å²) in [7, 11) is 0. The Labute approximate surface area is 105 Å². The third-order valence-electron chi connectivity index (χ3n) is 2.51. The summed E-state index contributed by atoms with van der Waals surface area (Å²) in [5.74, 6) is -1.52. The minimum absolute atomic E-state index is 0.196. The molecule has 1 atom stereocenters. The fourth-order valence-corrected chi connectivity index (χ4v) is 1.46. The van der Waals surface area contributed by atoms with E-state index in [4.69, 9.17) is 16.6 Å². The van der Waals surface area contributed by atoms with Gasteiger partial charge in [-0.2, -0.15) is 0 Å². The van der Waals surface area contributed by atoms with Crippen LogP contribution in [0.15, 0.2) is 24.3 Å². The van der Waals surface area contributed by atoms with Gasteiger partial charge in [-0.15, -0.1) is 0 Å². The Morgan fingerprint density at radius 2 is 1.83 bits per heavy atom. The highest BCUT2D eigenvalue weighted by atomic mass is 16.4. The first-order chi connectivity index (χ1) is 8.58. The Balaban J connectivity index is 2.70. The zero-order valence-electron chi connectivity index (χ0n) is 9.93. The average molecular weight is 251 g/mol. The standard InChI is InChI=1S/C12H17N3O3/c13-6-5-10(12(17)18)15-11(16)9-3-1-8(7-14)2-4-9/h1-4,10H,5-7,13-14H2,(H,15,16)(H,17,18)/t10-/m0/s1. The normalized spacial score (nSPS) is 11.9. The molecule has 0 fully saturated rings. The number of nitrogens with one attached hydrogen (secondary N) is 1. The molecule has 6 heteroatoms. The summed E-state index contributed by atoms with van der Waals surface area (Å²) < 4.78 is 0. The molecular weight excluding hydrogens is 234 g/mol. The minimum Gasteiger partial charge on any atom is -0.480 e. The maximum Gasteiger partial charge on any atom is 0.326 e. The van der Waals surface area contributed by atoms with E-state index in [0.29, 0.717) is 12.1 Å². The highest BCUT2D eigenvalue weighted by molar-refractivity contribution is 5.96. The Morgan fingerprint density at radius 3 is 2.28 bits per heavy atom. The molecule has 0 aliphatic carbocycles. The van der Waals surface area contributed by atoms with Gasteiger partial charge >= 0.3 is 5.97 Å². The van der Waals surface area contributed by atoms with Crippen LogP contribution in [0, 0.1) is 0 Å². The van der Waals surface area contributed by atoms with Crippen LogP contribution < -0.4 is 16.8 Å². The van der Waals surface area contributed by atoms with Gasteiger partial charge in [0.15, 0.2) is 0 Å². The van der Waals surface area contributed by atoms with Crippen LogP contribution in [0.4, 0.5) is 0 Å². The first-order valence-corrected chi connectivity index (χ1v) is 5.61. The lowest BCUT2D eigenvalue weighted by atomic mass is 10.1. The molecule has 1 aromatic carbocycles. The summed E-state index contributed by atoms with van der Waals surface area (Å²) >= 11 is 0. The largest absolute Gasteiger partial charge is 0.480 e. The van der Waals surface area contributed by atoms with Crippen molar-refractivity contribution in [3.63, 3.8) is 0 Å². The second-order valence-corrected chi connectivity index (χ2v) is 3.84. The van der Waals surface area contributed by atoms with Crippen molar-refractivity contribution in [2.75, 3.05) is 6.54 Å². The van der Waals surface area contributed by atoms with Gasteiger partial charge < -0.3 is 21.9 Å². The molecule has 0 saturated carbocycles. The number of benzene rings is 1. The number of carboxylic acids is 1. The van der Waals surface area contributed by atoms with Crippen molar-refractivity contribution in [3.05, 3.63) is 35.4 Å². The van der Waals surface area contributed by atoms with E-state index in [1.165, 1.54) is 0 Å². The van der Waals surface area contributed by atoms with E-state index in [0.717, 1.165) is 5.56 Å². The molecule has 6 N–H and O–H groups in total. The van der Waals surface area contributed by atoms with Crippen LogP contribution in [-0.2, 0) is 11.3 Å². The highest BCUT2D eigenvalue weighted by Gasteiger charge is 2.19. The summed E-state index contributed by atoms with van der Waals surface area (Å²) in [5.41, 5.74) is 12.0. The average Bonchev–Trinajstić information content (AvgIpc) is 2.38. The Morgan fingerprint density at radius 1 is 1.22 bits per heavy atom. The van der Waals surface area contributed by atoms with Gasteiger partial charge in [-0.05, 0) is 30.7 Å². The molecule has 1 aromatic rings. The van der Waals surface area contributed by atoms with Crippen LogP contribution in [0.1, 0.15) is 22.3 Å². The Bertz CT molecular complexity index is 417. The van der Waals surface area contributed by atoms with Crippen molar-refractivity contribution in [2.24, 2.45) is 11.5 Å². The van der Waals surface area contributed by atoms with E-state index in [1.807, 2.05) is 0 Å². The Hall–Kier alpha value is -1.92. The number of carbonyl (C=O) groups excluding carboxylic acids is 1. The monoisotopic (exact) mass is 251 g/mol. The van der Waals surface area contributed by atoms with Crippen LogP contribution in [-0.4, -0.2) is 29.6 Å². The van der Waals surface area contributed by atoms with Crippen LogP contribution in [0.2, 0.25) is 0 Å².